The zero-order chi connectivity index (χ0) is 14.5. The Morgan fingerprint density at radius 2 is 2.00 bits per heavy atom. The lowest BCUT2D eigenvalue weighted by atomic mass is 9.85. The zero-order valence-electron chi connectivity index (χ0n) is 11.8. The van der Waals surface area contributed by atoms with Crippen molar-refractivity contribution in [3.8, 4) is 0 Å². The topological polar surface area (TPSA) is 49.3 Å². The molecule has 1 aliphatic carbocycles. The lowest BCUT2D eigenvalue weighted by Crippen LogP contribution is -2.41. The van der Waals surface area contributed by atoms with Crippen LogP contribution in [-0.4, -0.2) is 23.2 Å². The minimum absolute atomic E-state index is 0.157. The van der Waals surface area contributed by atoms with Gasteiger partial charge in [-0.05, 0) is 50.7 Å². The number of hydrogen-bond acceptors (Lipinski definition) is 2. The molecule has 110 valence electrons. The number of carbonyl (C=O) groups is 1. The minimum atomic E-state index is -0.678. The lowest BCUT2D eigenvalue weighted by Gasteiger charge is -2.29. The Bertz CT molecular complexity index is 456. The maximum atomic E-state index is 13.6. The molecular weight excluding hydrogens is 257 g/mol. The molecule has 0 amide bonds. The summed E-state index contributed by atoms with van der Waals surface area (Å²) in [5, 5.41) is 12.5. The molecule has 20 heavy (non-hydrogen) atoms. The van der Waals surface area contributed by atoms with E-state index in [9.17, 15) is 9.18 Å². The van der Waals surface area contributed by atoms with E-state index in [4.69, 9.17) is 5.11 Å². The van der Waals surface area contributed by atoms with E-state index < -0.39 is 5.97 Å². The summed E-state index contributed by atoms with van der Waals surface area (Å²) in [7, 11) is 0. The van der Waals surface area contributed by atoms with E-state index in [2.05, 4.69) is 12.2 Å². The maximum absolute atomic E-state index is 13.6. The molecule has 1 fully saturated rings. The van der Waals surface area contributed by atoms with Crippen LogP contribution in [0, 0.1) is 11.7 Å². The van der Waals surface area contributed by atoms with Crippen LogP contribution in [0.1, 0.15) is 38.2 Å². The molecular formula is C16H22FNO2. The molecule has 1 aliphatic rings. The van der Waals surface area contributed by atoms with Crippen LogP contribution in [0.4, 0.5) is 4.39 Å². The van der Waals surface area contributed by atoms with Gasteiger partial charge in [0, 0.05) is 12.1 Å². The average Bonchev–Trinajstić information content (AvgIpc) is 2.42. The quantitative estimate of drug-likeness (QED) is 0.871. The summed E-state index contributed by atoms with van der Waals surface area (Å²) in [6.45, 7) is 2.05. The molecule has 4 heteroatoms. The van der Waals surface area contributed by atoms with Crippen LogP contribution >= 0.6 is 0 Å². The summed E-state index contributed by atoms with van der Waals surface area (Å²) in [6.07, 6.45) is 3.90. The normalized spacial score (nSPS) is 24.3. The van der Waals surface area contributed by atoms with Crippen LogP contribution in [0.2, 0.25) is 0 Å². The predicted octanol–water partition coefficient (Wildman–Crippen LogP) is 2.99. The van der Waals surface area contributed by atoms with E-state index in [0.717, 1.165) is 31.2 Å². The van der Waals surface area contributed by atoms with E-state index in [1.807, 2.05) is 12.1 Å². The van der Waals surface area contributed by atoms with Crippen molar-refractivity contribution in [3.05, 3.63) is 35.6 Å². The molecule has 0 aromatic heterocycles. The Hall–Kier alpha value is -1.42. The predicted molar refractivity (Wildman–Crippen MR) is 76.1 cm³/mol. The Kier molecular flexibility index (Phi) is 5.12. The second-order valence-corrected chi connectivity index (χ2v) is 5.75. The molecule has 1 aromatic carbocycles. The maximum Gasteiger partial charge on any atom is 0.306 e. The van der Waals surface area contributed by atoms with Crippen molar-refractivity contribution in [2.75, 3.05) is 0 Å². The minimum Gasteiger partial charge on any atom is -0.481 e. The smallest absolute Gasteiger partial charge is 0.306 e. The van der Waals surface area contributed by atoms with Gasteiger partial charge in [0.1, 0.15) is 5.82 Å². The molecule has 0 bridgehead atoms. The summed E-state index contributed by atoms with van der Waals surface area (Å²) in [5.74, 6) is -1.02. The first-order valence-corrected chi connectivity index (χ1v) is 7.28. The van der Waals surface area contributed by atoms with Gasteiger partial charge in [-0.2, -0.15) is 0 Å². The van der Waals surface area contributed by atoms with Gasteiger partial charge in [0.05, 0.1) is 5.92 Å². The first-order valence-electron chi connectivity index (χ1n) is 7.28. The summed E-state index contributed by atoms with van der Waals surface area (Å²) >= 11 is 0. The largest absolute Gasteiger partial charge is 0.481 e. The van der Waals surface area contributed by atoms with Gasteiger partial charge in [-0.3, -0.25) is 4.79 Å². The summed E-state index contributed by atoms with van der Waals surface area (Å²) < 4.78 is 13.6. The van der Waals surface area contributed by atoms with Crippen molar-refractivity contribution in [1.82, 2.24) is 5.32 Å². The van der Waals surface area contributed by atoms with E-state index in [0.29, 0.717) is 12.5 Å². The first-order chi connectivity index (χ1) is 9.56. The standard InChI is InChI=1S/C16H22FNO2/c1-11(10-13-4-2-3-5-15(13)17)18-14-8-6-12(7-9-14)16(19)20/h2-5,11-12,14,18H,6-10H2,1H3,(H,19,20). The Morgan fingerprint density at radius 1 is 1.35 bits per heavy atom. The fraction of sp³-hybridized carbons (Fsp3) is 0.562. The second kappa shape index (κ2) is 6.84. The van der Waals surface area contributed by atoms with Gasteiger partial charge in [0.2, 0.25) is 0 Å². The summed E-state index contributed by atoms with van der Waals surface area (Å²) in [5.41, 5.74) is 0.728. The molecule has 2 rings (SSSR count). The molecule has 0 spiro atoms. The highest BCUT2D eigenvalue weighted by Gasteiger charge is 2.26. The fourth-order valence-corrected chi connectivity index (χ4v) is 2.96. The van der Waals surface area contributed by atoms with Gasteiger partial charge >= 0.3 is 5.97 Å². The average molecular weight is 279 g/mol. The van der Waals surface area contributed by atoms with Crippen LogP contribution in [0.5, 0.6) is 0 Å². The molecule has 1 aromatic rings. The molecule has 1 unspecified atom stereocenters. The lowest BCUT2D eigenvalue weighted by molar-refractivity contribution is -0.142. The number of rotatable bonds is 5. The molecule has 1 atom stereocenters. The highest BCUT2D eigenvalue weighted by atomic mass is 19.1. The highest BCUT2D eigenvalue weighted by Crippen LogP contribution is 2.25. The van der Waals surface area contributed by atoms with Gasteiger partial charge in [-0.15, -0.1) is 0 Å². The SMILES string of the molecule is CC(Cc1ccccc1F)NC1CCC(C(=O)O)CC1. The van der Waals surface area contributed by atoms with Crippen LogP contribution in [0.25, 0.3) is 0 Å². The Labute approximate surface area is 119 Å². The number of carboxylic acid groups (broad SMARTS) is 1. The molecule has 3 nitrogen and oxygen atoms in total. The summed E-state index contributed by atoms with van der Waals surface area (Å²) in [6, 6.07) is 7.40. The van der Waals surface area contributed by atoms with E-state index in [1.165, 1.54) is 6.07 Å². The van der Waals surface area contributed by atoms with Crippen LogP contribution in [-0.2, 0) is 11.2 Å². The monoisotopic (exact) mass is 279 g/mol. The number of nitrogens with one attached hydrogen (secondary N) is 1. The molecule has 2 N–H and O–H groups in total. The number of halogens is 1. The third kappa shape index (κ3) is 4.04. The number of hydrogen-bond donors (Lipinski definition) is 2. The molecule has 0 saturated heterocycles. The van der Waals surface area contributed by atoms with Gasteiger partial charge in [-0.25, -0.2) is 4.39 Å². The second-order valence-electron chi connectivity index (χ2n) is 5.75. The van der Waals surface area contributed by atoms with Crippen molar-refractivity contribution in [2.24, 2.45) is 5.92 Å². The van der Waals surface area contributed by atoms with E-state index in [-0.39, 0.29) is 17.8 Å². The van der Waals surface area contributed by atoms with Crippen molar-refractivity contribution in [3.63, 3.8) is 0 Å². The van der Waals surface area contributed by atoms with Crippen molar-refractivity contribution in [1.29, 1.82) is 0 Å². The van der Waals surface area contributed by atoms with Crippen LogP contribution in [0.3, 0.4) is 0 Å². The zero-order valence-corrected chi connectivity index (χ0v) is 11.8. The van der Waals surface area contributed by atoms with Gasteiger partial charge < -0.3 is 10.4 Å². The van der Waals surface area contributed by atoms with Crippen molar-refractivity contribution < 1.29 is 14.3 Å². The highest BCUT2D eigenvalue weighted by molar-refractivity contribution is 5.70. The van der Waals surface area contributed by atoms with Gasteiger partial charge in [0.25, 0.3) is 0 Å². The van der Waals surface area contributed by atoms with E-state index >= 15 is 0 Å². The molecule has 0 radical (unpaired) electrons. The fourth-order valence-electron chi connectivity index (χ4n) is 2.96. The summed E-state index contributed by atoms with van der Waals surface area (Å²) in [4.78, 5) is 10.9. The molecule has 0 aliphatic heterocycles. The van der Waals surface area contributed by atoms with Crippen LogP contribution < -0.4 is 5.32 Å². The van der Waals surface area contributed by atoms with Crippen molar-refractivity contribution >= 4 is 5.97 Å². The third-order valence-electron chi connectivity index (χ3n) is 4.08. The van der Waals surface area contributed by atoms with Gasteiger partial charge in [-0.1, -0.05) is 18.2 Å². The van der Waals surface area contributed by atoms with Crippen LogP contribution in [0.15, 0.2) is 24.3 Å². The van der Waals surface area contributed by atoms with E-state index in [1.54, 1.807) is 6.07 Å². The molecule has 1 saturated carbocycles. The van der Waals surface area contributed by atoms with Crippen molar-refractivity contribution in [2.45, 2.75) is 51.1 Å². The Morgan fingerprint density at radius 3 is 2.60 bits per heavy atom. The first kappa shape index (κ1) is 15.0. The molecule has 0 heterocycles. The third-order valence-corrected chi connectivity index (χ3v) is 4.08. The number of benzene rings is 1. The number of carboxylic acids is 1. The number of aliphatic carboxylic acids is 1. The van der Waals surface area contributed by atoms with Gasteiger partial charge in [0.15, 0.2) is 0 Å². The Balaban J connectivity index is 1.80.